The first kappa shape index (κ1) is 12.5. The van der Waals surface area contributed by atoms with E-state index in [1.807, 2.05) is 12.1 Å². The molecule has 1 heterocycles. The van der Waals surface area contributed by atoms with Crippen molar-refractivity contribution in [2.75, 3.05) is 18.0 Å². The van der Waals surface area contributed by atoms with Crippen LogP contribution < -0.4 is 10.6 Å². The zero-order valence-electron chi connectivity index (χ0n) is 11.0. The van der Waals surface area contributed by atoms with Gasteiger partial charge in [0.25, 0.3) is 0 Å². The molecule has 102 valence electrons. The molecule has 0 amide bonds. The van der Waals surface area contributed by atoms with Gasteiger partial charge in [-0.2, -0.15) is 0 Å². The van der Waals surface area contributed by atoms with Crippen LogP contribution in [-0.4, -0.2) is 29.7 Å². The van der Waals surface area contributed by atoms with E-state index < -0.39 is 11.5 Å². The van der Waals surface area contributed by atoms with E-state index in [1.54, 1.807) is 0 Å². The number of nitrogens with zero attached hydrogens (tertiary/aromatic N) is 1. The van der Waals surface area contributed by atoms with E-state index >= 15 is 0 Å². The van der Waals surface area contributed by atoms with E-state index in [0.717, 1.165) is 37.9 Å². The summed E-state index contributed by atoms with van der Waals surface area (Å²) in [6, 6.07) is 8.24. The standard InChI is InChI=1S/C15H20N2O2/c16-15(14(18)19,12-7-8-12)10-17-9-3-5-11-4-1-2-6-13(11)17/h1-2,4,6,12H,3,5,7-10,16H2,(H,18,19). The molecule has 1 atom stereocenters. The predicted molar refractivity (Wildman–Crippen MR) is 74.3 cm³/mol. The number of nitrogens with two attached hydrogens (primary N) is 1. The number of para-hydroxylation sites is 1. The molecule has 1 saturated carbocycles. The lowest BCUT2D eigenvalue weighted by atomic mass is 9.92. The van der Waals surface area contributed by atoms with Gasteiger partial charge in [0.15, 0.2) is 0 Å². The van der Waals surface area contributed by atoms with E-state index in [-0.39, 0.29) is 5.92 Å². The van der Waals surface area contributed by atoms with Crippen LogP contribution in [0.5, 0.6) is 0 Å². The number of fused-ring (bicyclic) bond motifs is 1. The highest BCUT2D eigenvalue weighted by molar-refractivity contribution is 5.81. The summed E-state index contributed by atoms with van der Waals surface area (Å²) in [6.07, 6.45) is 4.02. The van der Waals surface area contributed by atoms with Gasteiger partial charge >= 0.3 is 5.97 Å². The number of aryl methyl sites for hydroxylation is 1. The van der Waals surface area contributed by atoms with Crippen molar-refractivity contribution in [3.05, 3.63) is 29.8 Å². The summed E-state index contributed by atoms with van der Waals surface area (Å²) in [5.41, 5.74) is 7.56. The number of benzene rings is 1. The Morgan fingerprint density at radius 3 is 2.84 bits per heavy atom. The summed E-state index contributed by atoms with van der Waals surface area (Å²) < 4.78 is 0. The van der Waals surface area contributed by atoms with Crippen molar-refractivity contribution in [1.29, 1.82) is 0 Å². The topological polar surface area (TPSA) is 66.6 Å². The molecule has 1 aromatic carbocycles. The number of carboxylic acid groups (broad SMARTS) is 1. The quantitative estimate of drug-likeness (QED) is 0.863. The van der Waals surface area contributed by atoms with Gasteiger partial charge in [-0.25, -0.2) is 0 Å². The maximum absolute atomic E-state index is 11.5. The van der Waals surface area contributed by atoms with Crippen LogP contribution in [-0.2, 0) is 11.2 Å². The SMILES string of the molecule is NC(CN1CCCc2ccccc21)(C(=O)O)C1CC1. The van der Waals surface area contributed by atoms with Crippen LogP contribution in [0, 0.1) is 5.92 Å². The fourth-order valence-corrected chi connectivity index (χ4v) is 3.06. The minimum Gasteiger partial charge on any atom is -0.480 e. The fourth-order valence-electron chi connectivity index (χ4n) is 3.06. The minimum atomic E-state index is -1.09. The van der Waals surface area contributed by atoms with Crippen LogP contribution in [0.15, 0.2) is 24.3 Å². The molecule has 4 nitrogen and oxygen atoms in total. The second-order valence-corrected chi connectivity index (χ2v) is 5.77. The van der Waals surface area contributed by atoms with E-state index in [1.165, 1.54) is 5.56 Å². The normalized spacial score (nSPS) is 21.6. The van der Waals surface area contributed by atoms with Gasteiger partial charge in [0, 0.05) is 18.8 Å². The van der Waals surface area contributed by atoms with Crippen LogP contribution in [0.1, 0.15) is 24.8 Å². The molecule has 0 aromatic heterocycles. The number of rotatable bonds is 4. The van der Waals surface area contributed by atoms with E-state index in [4.69, 9.17) is 5.73 Å². The molecule has 1 fully saturated rings. The first-order valence-corrected chi connectivity index (χ1v) is 6.96. The lowest BCUT2D eigenvalue weighted by Gasteiger charge is -2.37. The van der Waals surface area contributed by atoms with Crippen molar-refractivity contribution >= 4 is 11.7 Å². The maximum Gasteiger partial charge on any atom is 0.325 e. The van der Waals surface area contributed by atoms with Gasteiger partial charge in [0.1, 0.15) is 5.54 Å². The first-order valence-electron chi connectivity index (χ1n) is 6.96. The Morgan fingerprint density at radius 1 is 1.42 bits per heavy atom. The van der Waals surface area contributed by atoms with Crippen LogP contribution in [0.25, 0.3) is 0 Å². The molecule has 2 aliphatic rings. The van der Waals surface area contributed by atoms with E-state index in [0.29, 0.717) is 6.54 Å². The molecular formula is C15H20N2O2. The summed E-state index contributed by atoms with van der Waals surface area (Å²) >= 11 is 0. The highest BCUT2D eigenvalue weighted by atomic mass is 16.4. The number of aliphatic carboxylic acids is 1. The summed E-state index contributed by atoms with van der Waals surface area (Å²) in [7, 11) is 0. The number of anilines is 1. The monoisotopic (exact) mass is 260 g/mol. The zero-order valence-corrected chi connectivity index (χ0v) is 11.0. The van der Waals surface area contributed by atoms with Gasteiger partial charge in [0.05, 0.1) is 0 Å². The molecule has 1 unspecified atom stereocenters. The van der Waals surface area contributed by atoms with Crippen LogP contribution in [0.2, 0.25) is 0 Å². The highest BCUT2D eigenvalue weighted by Gasteiger charge is 2.49. The summed E-state index contributed by atoms with van der Waals surface area (Å²) in [6.45, 7) is 1.32. The average molecular weight is 260 g/mol. The molecule has 3 N–H and O–H groups in total. The van der Waals surface area contributed by atoms with Gasteiger partial charge in [-0.3, -0.25) is 4.79 Å². The van der Waals surface area contributed by atoms with Gasteiger partial charge in [-0.15, -0.1) is 0 Å². The van der Waals surface area contributed by atoms with Crippen molar-refractivity contribution in [3.63, 3.8) is 0 Å². The second kappa shape index (κ2) is 4.53. The molecule has 19 heavy (non-hydrogen) atoms. The Bertz CT molecular complexity index is 499. The van der Waals surface area contributed by atoms with Crippen molar-refractivity contribution in [1.82, 2.24) is 0 Å². The lowest BCUT2D eigenvalue weighted by molar-refractivity contribution is -0.143. The molecule has 0 saturated heterocycles. The minimum absolute atomic E-state index is 0.138. The number of hydrogen-bond donors (Lipinski definition) is 2. The second-order valence-electron chi connectivity index (χ2n) is 5.77. The summed E-state index contributed by atoms with van der Waals surface area (Å²) in [5, 5.41) is 9.47. The Hall–Kier alpha value is -1.55. The van der Waals surface area contributed by atoms with Gasteiger partial charge < -0.3 is 15.7 Å². The molecule has 1 aliphatic carbocycles. The number of carbonyl (C=O) groups is 1. The molecule has 1 aromatic rings. The van der Waals surface area contributed by atoms with Gasteiger partial charge in [0.2, 0.25) is 0 Å². The first-order chi connectivity index (χ1) is 9.11. The molecule has 4 heteroatoms. The number of carboxylic acids is 1. The lowest BCUT2D eigenvalue weighted by Crippen LogP contribution is -2.58. The molecule has 0 radical (unpaired) electrons. The van der Waals surface area contributed by atoms with Crippen LogP contribution >= 0.6 is 0 Å². The third-order valence-electron chi connectivity index (χ3n) is 4.36. The molecule has 1 aliphatic heterocycles. The van der Waals surface area contributed by atoms with E-state index in [9.17, 15) is 9.90 Å². The molecule has 0 spiro atoms. The van der Waals surface area contributed by atoms with Gasteiger partial charge in [-0.05, 0) is 43.2 Å². The van der Waals surface area contributed by atoms with Crippen molar-refractivity contribution in [2.45, 2.75) is 31.2 Å². The Labute approximate surface area is 113 Å². The third kappa shape index (κ3) is 2.21. The Morgan fingerprint density at radius 2 is 2.16 bits per heavy atom. The summed E-state index contributed by atoms with van der Waals surface area (Å²) in [4.78, 5) is 13.7. The number of hydrogen-bond acceptors (Lipinski definition) is 3. The van der Waals surface area contributed by atoms with Crippen LogP contribution in [0.3, 0.4) is 0 Å². The molecular weight excluding hydrogens is 240 g/mol. The smallest absolute Gasteiger partial charge is 0.325 e. The fraction of sp³-hybridized carbons (Fsp3) is 0.533. The molecule has 0 bridgehead atoms. The maximum atomic E-state index is 11.5. The van der Waals surface area contributed by atoms with Gasteiger partial charge in [-0.1, -0.05) is 18.2 Å². The van der Waals surface area contributed by atoms with E-state index in [2.05, 4.69) is 17.0 Å². The van der Waals surface area contributed by atoms with Crippen molar-refractivity contribution in [3.8, 4) is 0 Å². The largest absolute Gasteiger partial charge is 0.480 e. The van der Waals surface area contributed by atoms with Crippen LogP contribution in [0.4, 0.5) is 5.69 Å². The predicted octanol–water partition coefficient (Wildman–Crippen LogP) is 1.63. The van der Waals surface area contributed by atoms with Crippen molar-refractivity contribution in [2.24, 2.45) is 11.7 Å². The summed E-state index contributed by atoms with van der Waals surface area (Å²) in [5.74, 6) is -0.725. The molecule has 3 rings (SSSR count). The highest BCUT2D eigenvalue weighted by Crippen LogP contribution is 2.40. The van der Waals surface area contributed by atoms with Crippen molar-refractivity contribution < 1.29 is 9.90 Å². The average Bonchev–Trinajstić information content (AvgIpc) is 3.23. The Balaban J connectivity index is 1.86. The third-order valence-corrected chi connectivity index (χ3v) is 4.36. The Kier molecular flexibility index (Phi) is 2.97. The zero-order chi connectivity index (χ0) is 13.5.